The molecule has 2 aromatic rings. The van der Waals surface area contributed by atoms with Gasteiger partial charge in [-0.05, 0) is 46.3 Å². The van der Waals surface area contributed by atoms with Gasteiger partial charge in [0.1, 0.15) is 18.2 Å². The van der Waals surface area contributed by atoms with E-state index in [1.165, 1.54) is 18.2 Å². The summed E-state index contributed by atoms with van der Waals surface area (Å²) in [4.78, 5) is 11.1. The third-order valence-electron chi connectivity index (χ3n) is 2.71. The van der Waals surface area contributed by atoms with Crippen molar-refractivity contribution in [2.45, 2.75) is 6.61 Å². The third-order valence-corrected chi connectivity index (χ3v) is 3.56. The maximum atomic E-state index is 13.6. The fourth-order valence-electron chi connectivity index (χ4n) is 1.63. The molecule has 0 aromatic heterocycles. The van der Waals surface area contributed by atoms with Gasteiger partial charge in [0.2, 0.25) is 5.91 Å². The van der Waals surface area contributed by atoms with E-state index < -0.39 is 11.7 Å². The minimum Gasteiger partial charge on any atom is -0.488 e. The third kappa shape index (κ3) is 3.08. The number of carbonyl (C=O) groups excluding carboxylic acids is 1. The molecule has 4 N–H and O–H groups in total. The summed E-state index contributed by atoms with van der Waals surface area (Å²) in [6, 6.07) is 9.04. The molecule has 0 fully saturated rings. The van der Waals surface area contributed by atoms with Gasteiger partial charge in [-0.3, -0.25) is 4.79 Å². The summed E-state index contributed by atoms with van der Waals surface area (Å²) in [6.45, 7) is -0.0327. The van der Waals surface area contributed by atoms with Crippen LogP contribution in [0, 0.1) is 5.82 Å². The van der Waals surface area contributed by atoms with Gasteiger partial charge >= 0.3 is 0 Å². The number of primary amides is 1. The smallest absolute Gasteiger partial charge is 0.248 e. The van der Waals surface area contributed by atoms with Crippen molar-refractivity contribution in [2.75, 3.05) is 5.73 Å². The van der Waals surface area contributed by atoms with Crippen molar-refractivity contribution in [3.05, 3.63) is 57.8 Å². The second-order valence-corrected chi connectivity index (χ2v) is 4.91. The van der Waals surface area contributed by atoms with Gasteiger partial charge in [0, 0.05) is 16.8 Å². The van der Waals surface area contributed by atoms with E-state index in [-0.39, 0.29) is 17.7 Å². The zero-order chi connectivity index (χ0) is 14.7. The van der Waals surface area contributed by atoms with Crippen LogP contribution in [0.1, 0.15) is 15.9 Å². The SMILES string of the molecule is NC(=O)c1ccc(F)c(COc2cccc(N)c2Br)c1. The van der Waals surface area contributed by atoms with E-state index in [9.17, 15) is 9.18 Å². The number of amides is 1. The maximum Gasteiger partial charge on any atom is 0.248 e. The molecule has 1 amide bonds. The van der Waals surface area contributed by atoms with Crippen LogP contribution in [0.15, 0.2) is 40.9 Å². The minimum atomic E-state index is -0.614. The van der Waals surface area contributed by atoms with Crippen LogP contribution in [-0.4, -0.2) is 5.91 Å². The summed E-state index contributed by atoms with van der Waals surface area (Å²) in [7, 11) is 0. The molecular formula is C14H12BrFN2O2. The van der Waals surface area contributed by atoms with Crippen LogP contribution in [0.4, 0.5) is 10.1 Å². The second-order valence-electron chi connectivity index (χ2n) is 4.12. The van der Waals surface area contributed by atoms with Crippen molar-refractivity contribution in [3.8, 4) is 5.75 Å². The summed E-state index contributed by atoms with van der Waals surface area (Å²) in [5.41, 5.74) is 11.9. The number of halogens is 2. The van der Waals surface area contributed by atoms with Crippen molar-refractivity contribution >= 4 is 27.5 Å². The Morgan fingerprint density at radius 3 is 2.75 bits per heavy atom. The molecule has 0 aliphatic heterocycles. The molecule has 4 nitrogen and oxygen atoms in total. The molecular weight excluding hydrogens is 327 g/mol. The normalized spacial score (nSPS) is 10.3. The zero-order valence-electron chi connectivity index (χ0n) is 10.4. The lowest BCUT2D eigenvalue weighted by atomic mass is 10.1. The van der Waals surface area contributed by atoms with E-state index in [1.807, 2.05) is 0 Å². The highest BCUT2D eigenvalue weighted by molar-refractivity contribution is 9.10. The quantitative estimate of drug-likeness (QED) is 0.841. The minimum absolute atomic E-state index is 0.0327. The Morgan fingerprint density at radius 2 is 2.05 bits per heavy atom. The van der Waals surface area contributed by atoms with Crippen molar-refractivity contribution in [1.82, 2.24) is 0 Å². The van der Waals surface area contributed by atoms with Gasteiger partial charge in [0.05, 0.1) is 4.47 Å². The van der Waals surface area contributed by atoms with Crippen LogP contribution in [0.2, 0.25) is 0 Å². The summed E-state index contributed by atoms with van der Waals surface area (Å²) in [5, 5.41) is 0. The van der Waals surface area contributed by atoms with Gasteiger partial charge < -0.3 is 16.2 Å². The molecule has 0 saturated carbocycles. The Kier molecular flexibility index (Phi) is 4.24. The fraction of sp³-hybridized carbons (Fsp3) is 0.0714. The summed E-state index contributed by atoms with van der Waals surface area (Å²) in [6.07, 6.45) is 0. The monoisotopic (exact) mass is 338 g/mol. The second kappa shape index (κ2) is 5.92. The predicted octanol–water partition coefficient (Wildman–Crippen LogP) is 2.85. The number of nitrogen functional groups attached to an aromatic ring is 1. The Hall–Kier alpha value is -2.08. The molecule has 0 unspecified atom stereocenters. The lowest BCUT2D eigenvalue weighted by Gasteiger charge is -2.10. The molecule has 0 bridgehead atoms. The molecule has 20 heavy (non-hydrogen) atoms. The molecule has 0 heterocycles. The number of benzene rings is 2. The lowest BCUT2D eigenvalue weighted by Crippen LogP contribution is -2.12. The Morgan fingerprint density at radius 1 is 1.30 bits per heavy atom. The van der Waals surface area contributed by atoms with Crippen molar-refractivity contribution < 1.29 is 13.9 Å². The van der Waals surface area contributed by atoms with Crippen LogP contribution in [0.3, 0.4) is 0 Å². The van der Waals surface area contributed by atoms with Gasteiger partial charge in [-0.1, -0.05) is 6.07 Å². The highest BCUT2D eigenvalue weighted by atomic mass is 79.9. The van der Waals surface area contributed by atoms with Crippen LogP contribution in [0.25, 0.3) is 0 Å². The van der Waals surface area contributed by atoms with E-state index in [0.717, 1.165) is 0 Å². The van der Waals surface area contributed by atoms with Gasteiger partial charge in [-0.25, -0.2) is 4.39 Å². The molecule has 104 valence electrons. The van der Waals surface area contributed by atoms with E-state index in [0.29, 0.717) is 15.9 Å². The number of anilines is 1. The molecule has 2 rings (SSSR count). The van der Waals surface area contributed by atoms with Crippen molar-refractivity contribution in [3.63, 3.8) is 0 Å². The highest BCUT2D eigenvalue weighted by Crippen LogP contribution is 2.31. The largest absolute Gasteiger partial charge is 0.488 e. The Balaban J connectivity index is 2.20. The first-order valence-electron chi connectivity index (χ1n) is 5.74. The number of ether oxygens (including phenoxy) is 1. The number of hydrogen-bond donors (Lipinski definition) is 2. The summed E-state index contributed by atoms with van der Waals surface area (Å²) < 4.78 is 19.8. The van der Waals surface area contributed by atoms with Crippen LogP contribution in [-0.2, 0) is 6.61 Å². The molecule has 2 aromatic carbocycles. The maximum absolute atomic E-state index is 13.6. The Labute approximate surface area is 123 Å². The van der Waals surface area contributed by atoms with E-state index in [4.69, 9.17) is 16.2 Å². The van der Waals surface area contributed by atoms with E-state index in [1.54, 1.807) is 18.2 Å². The molecule has 0 atom stereocenters. The molecule has 0 radical (unpaired) electrons. The molecule has 0 saturated heterocycles. The number of nitrogens with two attached hydrogens (primary N) is 2. The van der Waals surface area contributed by atoms with Gasteiger partial charge in [0.15, 0.2) is 0 Å². The van der Waals surface area contributed by atoms with Gasteiger partial charge in [0.25, 0.3) is 0 Å². The predicted molar refractivity (Wildman–Crippen MR) is 77.8 cm³/mol. The lowest BCUT2D eigenvalue weighted by molar-refractivity contribution is 0.1000. The van der Waals surface area contributed by atoms with E-state index in [2.05, 4.69) is 15.9 Å². The van der Waals surface area contributed by atoms with Gasteiger partial charge in [-0.2, -0.15) is 0 Å². The van der Waals surface area contributed by atoms with Crippen molar-refractivity contribution in [2.24, 2.45) is 5.73 Å². The molecule has 0 aliphatic carbocycles. The first kappa shape index (κ1) is 14.3. The average Bonchev–Trinajstić information content (AvgIpc) is 2.41. The summed E-state index contributed by atoms with van der Waals surface area (Å²) >= 11 is 3.29. The number of carbonyl (C=O) groups is 1. The van der Waals surface area contributed by atoms with Crippen molar-refractivity contribution in [1.29, 1.82) is 0 Å². The Bertz CT molecular complexity index is 662. The molecule has 6 heteroatoms. The number of rotatable bonds is 4. The standard InChI is InChI=1S/C14H12BrFN2O2/c15-13-11(17)2-1-3-12(13)20-7-9-6-8(14(18)19)4-5-10(9)16/h1-6H,7,17H2,(H2,18,19). The zero-order valence-corrected chi connectivity index (χ0v) is 12.0. The topological polar surface area (TPSA) is 78.3 Å². The molecule has 0 spiro atoms. The summed E-state index contributed by atoms with van der Waals surface area (Å²) in [5.74, 6) is -0.583. The van der Waals surface area contributed by atoms with Gasteiger partial charge in [-0.15, -0.1) is 0 Å². The average molecular weight is 339 g/mol. The van der Waals surface area contributed by atoms with Crippen LogP contribution in [0.5, 0.6) is 5.75 Å². The fourth-order valence-corrected chi connectivity index (χ4v) is 2.01. The molecule has 0 aliphatic rings. The van der Waals surface area contributed by atoms with E-state index >= 15 is 0 Å². The van der Waals surface area contributed by atoms with Crippen LogP contribution >= 0.6 is 15.9 Å². The highest BCUT2D eigenvalue weighted by Gasteiger charge is 2.09. The van der Waals surface area contributed by atoms with Crippen LogP contribution < -0.4 is 16.2 Å². The first-order chi connectivity index (χ1) is 9.49. The first-order valence-corrected chi connectivity index (χ1v) is 6.53. The number of hydrogen-bond acceptors (Lipinski definition) is 3.